The highest BCUT2D eigenvalue weighted by Crippen LogP contribution is 2.36. The SMILES string of the molecule is C#CCOc1ccc(CNC)cc1C(F)(F)F. The van der Waals surface area contributed by atoms with E-state index < -0.39 is 11.7 Å². The van der Waals surface area contributed by atoms with E-state index in [0.29, 0.717) is 12.1 Å². The fourth-order valence-corrected chi connectivity index (χ4v) is 1.36. The summed E-state index contributed by atoms with van der Waals surface area (Å²) in [5, 5.41) is 2.78. The average molecular weight is 243 g/mol. The summed E-state index contributed by atoms with van der Waals surface area (Å²) in [5.74, 6) is 1.89. The molecule has 17 heavy (non-hydrogen) atoms. The summed E-state index contributed by atoms with van der Waals surface area (Å²) in [6, 6.07) is 3.91. The van der Waals surface area contributed by atoms with Gasteiger partial charge >= 0.3 is 6.18 Å². The van der Waals surface area contributed by atoms with Crippen molar-refractivity contribution in [3.8, 4) is 18.1 Å². The molecule has 0 unspecified atom stereocenters. The van der Waals surface area contributed by atoms with Crippen LogP contribution in [-0.4, -0.2) is 13.7 Å². The number of hydrogen-bond acceptors (Lipinski definition) is 2. The number of hydrogen-bond donors (Lipinski definition) is 1. The molecule has 0 aromatic heterocycles. The summed E-state index contributed by atoms with van der Waals surface area (Å²) < 4.78 is 43.1. The number of benzene rings is 1. The monoisotopic (exact) mass is 243 g/mol. The molecule has 0 spiro atoms. The van der Waals surface area contributed by atoms with Gasteiger partial charge in [0.05, 0.1) is 5.56 Å². The molecule has 0 saturated carbocycles. The first-order valence-corrected chi connectivity index (χ1v) is 4.90. The van der Waals surface area contributed by atoms with Gasteiger partial charge in [0, 0.05) is 6.54 Å². The van der Waals surface area contributed by atoms with Crippen LogP contribution < -0.4 is 10.1 Å². The molecule has 2 nitrogen and oxygen atoms in total. The van der Waals surface area contributed by atoms with Gasteiger partial charge in [-0.15, -0.1) is 6.42 Å². The number of terminal acetylenes is 1. The molecular formula is C12H12F3NO. The zero-order valence-electron chi connectivity index (χ0n) is 9.27. The predicted molar refractivity (Wildman–Crippen MR) is 58.5 cm³/mol. The molecule has 1 aromatic rings. The lowest BCUT2D eigenvalue weighted by atomic mass is 10.1. The van der Waals surface area contributed by atoms with Crippen LogP contribution in [0.3, 0.4) is 0 Å². The van der Waals surface area contributed by atoms with Crippen molar-refractivity contribution in [2.24, 2.45) is 0 Å². The molecule has 0 radical (unpaired) electrons. The highest BCUT2D eigenvalue weighted by Gasteiger charge is 2.34. The molecule has 0 aliphatic rings. The second kappa shape index (κ2) is 5.60. The van der Waals surface area contributed by atoms with Gasteiger partial charge in [0.2, 0.25) is 0 Å². The minimum absolute atomic E-state index is 0.186. The topological polar surface area (TPSA) is 21.3 Å². The average Bonchev–Trinajstić information content (AvgIpc) is 2.26. The number of rotatable bonds is 4. The maximum Gasteiger partial charge on any atom is 0.419 e. The highest BCUT2D eigenvalue weighted by molar-refractivity contribution is 5.39. The third-order valence-electron chi connectivity index (χ3n) is 2.04. The third-order valence-corrected chi connectivity index (χ3v) is 2.04. The molecule has 0 aliphatic heterocycles. The minimum Gasteiger partial charge on any atom is -0.480 e. The van der Waals surface area contributed by atoms with Crippen molar-refractivity contribution in [3.63, 3.8) is 0 Å². The fraction of sp³-hybridized carbons (Fsp3) is 0.333. The molecule has 0 aliphatic carbocycles. The predicted octanol–water partition coefficient (Wildman–Crippen LogP) is 2.44. The van der Waals surface area contributed by atoms with Crippen LogP contribution in [0.4, 0.5) is 13.2 Å². The number of halogens is 3. The third kappa shape index (κ3) is 3.68. The number of nitrogens with one attached hydrogen (secondary N) is 1. The summed E-state index contributed by atoms with van der Waals surface area (Å²) >= 11 is 0. The molecule has 5 heteroatoms. The van der Waals surface area contributed by atoms with Crippen molar-refractivity contribution in [1.82, 2.24) is 5.32 Å². The Morgan fingerprint density at radius 1 is 1.41 bits per heavy atom. The Morgan fingerprint density at radius 2 is 2.12 bits per heavy atom. The van der Waals surface area contributed by atoms with E-state index in [0.717, 1.165) is 6.07 Å². The van der Waals surface area contributed by atoms with Crippen molar-refractivity contribution in [1.29, 1.82) is 0 Å². The van der Waals surface area contributed by atoms with Crippen LogP contribution in [0.1, 0.15) is 11.1 Å². The van der Waals surface area contributed by atoms with E-state index in [4.69, 9.17) is 11.2 Å². The molecule has 92 valence electrons. The lowest BCUT2D eigenvalue weighted by molar-refractivity contribution is -0.138. The van der Waals surface area contributed by atoms with Crippen molar-refractivity contribution in [3.05, 3.63) is 29.3 Å². The van der Waals surface area contributed by atoms with Gasteiger partial charge in [0.15, 0.2) is 0 Å². The summed E-state index contributed by atoms with van der Waals surface area (Å²) in [4.78, 5) is 0. The summed E-state index contributed by atoms with van der Waals surface area (Å²) in [6.07, 6.45) is 0.496. The normalized spacial score (nSPS) is 11.0. The van der Waals surface area contributed by atoms with Gasteiger partial charge in [0.25, 0.3) is 0 Å². The van der Waals surface area contributed by atoms with Gasteiger partial charge in [-0.1, -0.05) is 12.0 Å². The maximum atomic E-state index is 12.7. The van der Waals surface area contributed by atoms with Crippen molar-refractivity contribution < 1.29 is 17.9 Å². The van der Waals surface area contributed by atoms with E-state index in [2.05, 4.69) is 11.2 Å². The second-order valence-corrected chi connectivity index (χ2v) is 3.35. The number of alkyl halides is 3. The lowest BCUT2D eigenvalue weighted by Gasteiger charge is -2.14. The molecule has 0 bridgehead atoms. The van der Waals surface area contributed by atoms with E-state index in [9.17, 15) is 13.2 Å². The van der Waals surface area contributed by atoms with Crippen molar-refractivity contribution in [2.45, 2.75) is 12.7 Å². The van der Waals surface area contributed by atoms with Crippen LogP contribution in [-0.2, 0) is 12.7 Å². The molecule has 1 N–H and O–H groups in total. The summed E-state index contributed by atoms with van der Waals surface area (Å²) in [6.45, 7) is 0.174. The Balaban J connectivity index is 3.09. The smallest absolute Gasteiger partial charge is 0.419 e. The molecule has 0 amide bonds. The second-order valence-electron chi connectivity index (χ2n) is 3.35. The Labute approximate surface area is 97.8 Å². The van der Waals surface area contributed by atoms with Crippen molar-refractivity contribution >= 4 is 0 Å². The maximum absolute atomic E-state index is 12.7. The Bertz CT molecular complexity index is 421. The van der Waals surface area contributed by atoms with Crippen LogP contribution >= 0.6 is 0 Å². The largest absolute Gasteiger partial charge is 0.480 e. The Hall–Kier alpha value is -1.67. The van der Waals surface area contributed by atoms with Gasteiger partial charge in [-0.05, 0) is 24.7 Å². The van der Waals surface area contributed by atoms with Crippen molar-refractivity contribution in [2.75, 3.05) is 13.7 Å². The first kappa shape index (κ1) is 13.4. The van der Waals surface area contributed by atoms with Crippen LogP contribution in [0.15, 0.2) is 18.2 Å². The first-order valence-electron chi connectivity index (χ1n) is 4.90. The van der Waals surface area contributed by atoms with Crippen LogP contribution in [0, 0.1) is 12.3 Å². The van der Waals surface area contributed by atoms with Crippen LogP contribution in [0.25, 0.3) is 0 Å². The van der Waals surface area contributed by atoms with Gasteiger partial charge in [0.1, 0.15) is 12.4 Å². The minimum atomic E-state index is -4.45. The van der Waals surface area contributed by atoms with Gasteiger partial charge < -0.3 is 10.1 Å². The van der Waals surface area contributed by atoms with Crippen LogP contribution in [0.2, 0.25) is 0 Å². The summed E-state index contributed by atoms with van der Waals surface area (Å²) in [5.41, 5.74) is -0.270. The molecule has 0 fully saturated rings. The Kier molecular flexibility index (Phi) is 4.41. The van der Waals surface area contributed by atoms with Gasteiger partial charge in [-0.25, -0.2) is 0 Å². The molecular weight excluding hydrogens is 231 g/mol. The first-order chi connectivity index (χ1) is 7.99. The van der Waals surface area contributed by atoms with E-state index in [1.54, 1.807) is 13.1 Å². The zero-order chi connectivity index (χ0) is 12.9. The lowest BCUT2D eigenvalue weighted by Crippen LogP contribution is -2.11. The number of ether oxygens (including phenoxy) is 1. The van der Waals surface area contributed by atoms with E-state index in [1.807, 2.05) is 0 Å². The zero-order valence-corrected chi connectivity index (χ0v) is 9.27. The van der Waals surface area contributed by atoms with E-state index >= 15 is 0 Å². The fourth-order valence-electron chi connectivity index (χ4n) is 1.36. The highest BCUT2D eigenvalue weighted by atomic mass is 19.4. The van der Waals surface area contributed by atoms with E-state index in [-0.39, 0.29) is 12.4 Å². The molecule has 1 aromatic carbocycles. The molecule has 0 saturated heterocycles. The standard InChI is InChI=1S/C12H12F3NO/c1-3-6-17-11-5-4-9(8-16-2)7-10(11)12(13,14)15/h1,4-5,7,16H,6,8H2,2H3. The molecule has 1 rings (SSSR count). The van der Waals surface area contributed by atoms with Gasteiger partial charge in [-0.2, -0.15) is 13.2 Å². The molecule has 0 heterocycles. The summed E-state index contributed by atoms with van der Waals surface area (Å²) in [7, 11) is 1.66. The quantitative estimate of drug-likeness (QED) is 0.820. The molecule has 0 atom stereocenters. The van der Waals surface area contributed by atoms with E-state index in [1.165, 1.54) is 6.07 Å². The van der Waals surface area contributed by atoms with Gasteiger partial charge in [-0.3, -0.25) is 0 Å². The van der Waals surface area contributed by atoms with Crippen LogP contribution in [0.5, 0.6) is 5.75 Å². The Morgan fingerprint density at radius 3 is 2.65 bits per heavy atom.